The van der Waals surface area contributed by atoms with Crippen molar-refractivity contribution in [2.75, 3.05) is 7.05 Å². The monoisotopic (exact) mass is 321 g/mol. The zero-order valence-corrected chi connectivity index (χ0v) is 13.7. The number of esters is 1. The van der Waals surface area contributed by atoms with E-state index in [9.17, 15) is 9.59 Å². The van der Waals surface area contributed by atoms with Crippen LogP contribution in [0.25, 0.3) is 6.08 Å². The van der Waals surface area contributed by atoms with Gasteiger partial charge in [0.1, 0.15) is 11.7 Å². The lowest BCUT2D eigenvalue weighted by Gasteiger charge is -2.28. The first-order valence-corrected chi connectivity index (χ1v) is 7.88. The van der Waals surface area contributed by atoms with Gasteiger partial charge in [-0.2, -0.15) is 0 Å². The number of rotatable bonds is 2. The Morgan fingerprint density at radius 3 is 2.17 bits per heavy atom. The van der Waals surface area contributed by atoms with E-state index in [2.05, 4.69) is 0 Å². The maximum absolute atomic E-state index is 12.7. The molecule has 1 heterocycles. The Morgan fingerprint density at radius 2 is 1.54 bits per heavy atom. The van der Waals surface area contributed by atoms with Crippen molar-refractivity contribution in [1.82, 2.24) is 4.90 Å². The van der Waals surface area contributed by atoms with Gasteiger partial charge in [0.25, 0.3) is 5.91 Å². The van der Waals surface area contributed by atoms with Crippen molar-refractivity contribution in [3.05, 3.63) is 77.4 Å². The SMILES string of the molecule is CC1C(c2ccccc2)OC(=O)C(=Cc2ccccc2)C(=O)N1C. The minimum atomic E-state index is -0.589. The second-order valence-corrected chi connectivity index (χ2v) is 5.86. The number of ether oxygens (including phenoxy) is 1. The van der Waals surface area contributed by atoms with Gasteiger partial charge in [-0.05, 0) is 24.1 Å². The van der Waals surface area contributed by atoms with Crippen LogP contribution in [0.5, 0.6) is 0 Å². The summed E-state index contributed by atoms with van der Waals surface area (Å²) in [6.07, 6.45) is 1.09. The van der Waals surface area contributed by atoms with Crippen LogP contribution in [0, 0.1) is 0 Å². The molecule has 1 amide bonds. The number of nitrogens with zero attached hydrogens (tertiary/aromatic N) is 1. The molecular formula is C20H19NO3. The van der Waals surface area contributed by atoms with Gasteiger partial charge in [0, 0.05) is 7.05 Å². The second kappa shape index (κ2) is 6.71. The topological polar surface area (TPSA) is 46.6 Å². The number of hydrogen-bond acceptors (Lipinski definition) is 3. The molecule has 24 heavy (non-hydrogen) atoms. The molecule has 4 nitrogen and oxygen atoms in total. The van der Waals surface area contributed by atoms with Crippen LogP contribution < -0.4 is 0 Å². The second-order valence-electron chi connectivity index (χ2n) is 5.86. The number of hydrogen-bond donors (Lipinski definition) is 0. The highest BCUT2D eigenvalue weighted by Crippen LogP contribution is 2.30. The van der Waals surface area contributed by atoms with Crippen LogP contribution in [0.4, 0.5) is 0 Å². The lowest BCUT2D eigenvalue weighted by atomic mass is 10.0. The number of cyclic esters (lactones) is 1. The lowest BCUT2D eigenvalue weighted by Crippen LogP contribution is -2.37. The maximum atomic E-state index is 12.7. The van der Waals surface area contributed by atoms with Gasteiger partial charge in [0.2, 0.25) is 0 Å². The molecule has 2 aromatic rings. The third-order valence-corrected chi connectivity index (χ3v) is 4.29. The van der Waals surface area contributed by atoms with E-state index in [-0.39, 0.29) is 17.5 Å². The summed E-state index contributed by atoms with van der Waals surface area (Å²) in [5.41, 5.74) is 1.71. The van der Waals surface area contributed by atoms with Gasteiger partial charge in [0.15, 0.2) is 0 Å². The van der Waals surface area contributed by atoms with Crippen molar-refractivity contribution >= 4 is 18.0 Å². The van der Waals surface area contributed by atoms with Crippen molar-refractivity contribution < 1.29 is 14.3 Å². The average molecular weight is 321 g/mol. The van der Waals surface area contributed by atoms with Crippen molar-refractivity contribution in [2.24, 2.45) is 0 Å². The van der Waals surface area contributed by atoms with E-state index in [1.807, 2.05) is 67.6 Å². The van der Waals surface area contributed by atoms with Crippen LogP contribution in [-0.2, 0) is 14.3 Å². The summed E-state index contributed by atoms with van der Waals surface area (Å²) in [6, 6.07) is 18.5. The van der Waals surface area contributed by atoms with Crippen LogP contribution in [0.15, 0.2) is 66.2 Å². The average Bonchev–Trinajstić information content (AvgIpc) is 2.70. The zero-order valence-electron chi connectivity index (χ0n) is 13.7. The molecule has 2 unspecified atom stereocenters. The molecule has 1 fully saturated rings. The van der Waals surface area contributed by atoms with Crippen molar-refractivity contribution in [3.63, 3.8) is 0 Å². The zero-order chi connectivity index (χ0) is 17.1. The Balaban J connectivity index is 1.99. The molecule has 0 spiro atoms. The standard InChI is InChI=1S/C20H19NO3/c1-14-18(16-11-7-4-8-12-16)24-20(23)17(19(22)21(14)2)13-15-9-5-3-6-10-15/h3-14,18H,1-2H3. The van der Waals surface area contributed by atoms with Crippen LogP contribution in [-0.4, -0.2) is 29.9 Å². The maximum Gasteiger partial charge on any atom is 0.344 e. The minimum absolute atomic E-state index is 0.0500. The summed E-state index contributed by atoms with van der Waals surface area (Å²) in [6.45, 7) is 1.88. The third-order valence-electron chi connectivity index (χ3n) is 4.29. The summed E-state index contributed by atoms with van der Waals surface area (Å²) in [4.78, 5) is 26.8. The van der Waals surface area contributed by atoms with Crippen LogP contribution >= 0.6 is 0 Å². The summed E-state index contributed by atoms with van der Waals surface area (Å²) in [7, 11) is 1.70. The van der Waals surface area contributed by atoms with Crippen molar-refractivity contribution in [1.29, 1.82) is 0 Å². The predicted molar refractivity (Wildman–Crippen MR) is 91.9 cm³/mol. The smallest absolute Gasteiger partial charge is 0.344 e. The molecule has 0 radical (unpaired) electrons. The molecule has 1 aliphatic heterocycles. The fourth-order valence-corrected chi connectivity index (χ4v) is 2.77. The molecule has 3 rings (SSSR count). The van der Waals surface area contributed by atoms with Gasteiger partial charge in [-0.1, -0.05) is 60.7 Å². The minimum Gasteiger partial charge on any atom is -0.452 e. The van der Waals surface area contributed by atoms with Crippen LogP contribution in [0.2, 0.25) is 0 Å². The summed E-state index contributed by atoms with van der Waals surface area (Å²) in [5, 5.41) is 0. The Hall–Kier alpha value is -2.88. The number of amides is 1. The number of likely N-dealkylation sites (N-methyl/N-ethyl adjacent to an activating group) is 1. The first-order chi connectivity index (χ1) is 11.6. The van der Waals surface area contributed by atoms with E-state index in [1.165, 1.54) is 0 Å². The van der Waals surface area contributed by atoms with E-state index in [4.69, 9.17) is 4.74 Å². The van der Waals surface area contributed by atoms with Gasteiger partial charge in [-0.15, -0.1) is 0 Å². The summed E-state index contributed by atoms with van der Waals surface area (Å²) >= 11 is 0. The normalized spacial score (nSPS) is 23.1. The van der Waals surface area contributed by atoms with Gasteiger partial charge in [-0.3, -0.25) is 4.79 Å². The predicted octanol–water partition coefficient (Wildman–Crippen LogP) is 3.22. The Labute approximate surface area is 141 Å². The fourth-order valence-electron chi connectivity index (χ4n) is 2.77. The van der Waals surface area contributed by atoms with Gasteiger partial charge in [-0.25, -0.2) is 4.79 Å². The van der Waals surface area contributed by atoms with Crippen LogP contribution in [0.3, 0.4) is 0 Å². The van der Waals surface area contributed by atoms with E-state index in [1.54, 1.807) is 18.0 Å². The van der Waals surface area contributed by atoms with E-state index < -0.39 is 12.1 Å². The van der Waals surface area contributed by atoms with E-state index in [0.717, 1.165) is 11.1 Å². The molecule has 0 N–H and O–H groups in total. The van der Waals surface area contributed by atoms with Crippen molar-refractivity contribution in [3.8, 4) is 0 Å². The molecule has 0 aromatic heterocycles. The molecule has 0 bridgehead atoms. The molecule has 1 aliphatic rings. The summed E-state index contributed by atoms with van der Waals surface area (Å²) in [5.74, 6) is -0.913. The molecule has 1 saturated heterocycles. The Morgan fingerprint density at radius 1 is 0.958 bits per heavy atom. The molecule has 0 saturated carbocycles. The van der Waals surface area contributed by atoms with Crippen molar-refractivity contribution in [2.45, 2.75) is 19.1 Å². The molecule has 122 valence electrons. The van der Waals surface area contributed by atoms with Gasteiger partial charge in [0.05, 0.1) is 6.04 Å². The number of carbonyl (C=O) groups is 2. The highest BCUT2D eigenvalue weighted by molar-refractivity contribution is 6.20. The molecule has 2 atom stereocenters. The first-order valence-electron chi connectivity index (χ1n) is 7.88. The molecule has 2 aromatic carbocycles. The van der Waals surface area contributed by atoms with Crippen LogP contribution in [0.1, 0.15) is 24.2 Å². The number of benzene rings is 2. The highest BCUT2D eigenvalue weighted by Gasteiger charge is 2.37. The number of carbonyl (C=O) groups excluding carboxylic acids is 2. The lowest BCUT2D eigenvalue weighted by molar-refractivity contribution is -0.145. The Kier molecular flexibility index (Phi) is 4.47. The highest BCUT2D eigenvalue weighted by atomic mass is 16.5. The molecular weight excluding hydrogens is 302 g/mol. The third kappa shape index (κ3) is 3.08. The fraction of sp³-hybridized carbons (Fsp3) is 0.200. The largest absolute Gasteiger partial charge is 0.452 e. The van der Waals surface area contributed by atoms with Gasteiger partial charge < -0.3 is 9.64 Å². The van der Waals surface area contributed by atoms with E-state index >= 15 is 0 Å². The first kappa shape index (κ1) is 16.0. The Bertz CT molecular complexity index is 768. The summed E-state index contributed by atoms with van der Waals surface area (Å²) < 4.78 is 5.67. The quantitative estimate of drug-likeness (QED) is 0.485. The molecule has 4 heteroatoms. The van der Waals surface area contributed by atoms with Gasteiger partial charge >= 0.3 is 5.97 Å². The van der Waals surface area contributed by atoms with E-state index in [0.29, 0.717) is 0 Å². The molecule has 0 aliphatic carbocycles.